The van der Waals surface area contributed by atoms with Crippen LogP contribution in [0, 0.1) is 28.6 Å². The molecule has 0 bridgehead atoms. The summed E-state index contributed by atoms with van der Waals surface area (Å²) in [6.45, 7) is 4.14. The molecule has 4 fully saturated rings. The van der Waals surface area contributed by atoms with Gasteiger partial charge in [0.1, 0.15) is 0 Å². The van der Waals surface area contributed by atoms with E-state index in [9.17, 15) is 25.2 Å². The van der Waals surface area contributed by atoms with Crippen LogP contribution >= 0.6 is 0 Å². The average Bonchev–Trinajstić information content (AvgIpc) is 2.95. The van der Waals surface area contributed by atoms with E-state index in [0.29, 0.717) is 25.7 Å². The maximum atomic E-state index is 12.2. The van der Waals surface area contributed by atoms with E-state index < -0.39 is 34.7 Å². The Morgan fingerprint density at radius 1 is 1.07 bits per heavy atom. The number of hydrogen-bond donors (Lipinski definition) is 4. The Kier molecular flexibility index (Phi) is 4.58. The van der Waals surface area contributed by atoms with Crippen molar-refractivity contribution < 1.29 is 24.8 Å². The lowest BCUT2D eigenvalue weighted by Gasteiger charge is -2.65. The van der Waals surface area contributed by atoms with Gasteiger partial charge in [0.05, 0.1) is 30.2 Å². The summed E-state index contributed by atoms with van der Waals surface area (Å²) in [6, 6.07) is 3.21. The van der Waals surface area contributed by atoms with Crippen molar-refractivity contribution in [2.45, 2.75) is 88.6 Å². The van der Waals surface area contributed by atoms with Crippen LogP contribution in [0.25, 0.3) is 0 Å². The van der Waals surface area contributed by atoms with Gasteiger partial charge in [-0.2, -0.15) is 0 Å². The Hall–Kier alpha value is -1.21. The van der Waals surface area contributed by atoms with E-state index >= 15 is 0 Å². The van der Waals surface area contributed by atoms with Gasteiger partial charge in [-0.3, -0.25) is 0 Å². The molecule has 4 aliphatic carbocycles. The second kappa shape index (κ2) is 6.64. The molecule has 0 unspecified atom stereocenters. The quantitative estimate of drug-likeness (QED) is 0.556. The number of rotatable bonds is 1. The van der Waals surface area contributed by atoms with Crippen LogP contribution in [0.15, 0.2) is 27.6 Å². The maximum Gasteiger partial charge on any atom is 0.335 e. The largest absolute Gasteiger partial charge is 0.431 e. The first-order chi connectivity index (χ1) is 14.1. The molecule has 1 aromatic rings. The Morgan fingerprint density at radius 3 is 2.53 bits per heavy atom. The van der Waals surface area contributed by atoms with Gasteiger partial charge < -0.3 is 24.8 Å². The van der Waals surface area contributed by atoms with Gasteiger partial charge in [0.15, 0.2) is 0 Å². The van der Waals surface area contributed by atoms with Gasteiger partial charge >= 0.3 is 5.63 Å². The fourth-order valence-corrected chi connectivity index (χ4v) is 8.46. The van der Waals surface area contributed by atoms with Gasteiger partial charge in [0.25, 0.3) is 0 Å². The number of aliphatic hydroxyl groups excluding tert-OH is 3. The SMILES string of the molecule is C[C@]12[C@H](CC[C@@H]3[C@@H]1[C@H](O)C[C@]1(C)[C@@H](c4ccc(=O)oc4)CC[C@]31O)C[C@@H](O)C[C@H]2O. The predicted octanol–water partition coefficient (Wildman–Crippen LogP) is 2.18. The zero-order chi connectivity index (χ0) is 21.5. The molecule has 0 aromatic carbocycles. The van der Waals surface area contributed by atoms with Crippen LogP contribution in [0.4, 0.5) is 0 Å². The highest BCUT2D eigenvalue weighted by atomic mass is 16.4. The molecule has 4 aliphatic rings. The summed E-state index contributed by atoms with van der Waals surface area (Å²) in [5.74, 6) is -0.130. The van der Waals surface area contributed by atoms with Crippen LogP contribution in [0.5, 0.6) is 0 Å². The Bertz CT molecular complexity index is 862. The lowest BCUT2D eigenvalue weighted by molar-refractivity contribution is -0.259. The van der Waals surface area contributed by atoms with Crippen LogP contribution in [-0.2, 0) is 0 Å². The second-order valence-corrected chi connectivity index (χ2v) is 11.0. The predicted molar refractivity (Wildman–Crippen MR) is 110 cm³/mol. The normalized spacial score (nSPS) is 52.9. The summed E-state index contributed by atoms with van der Waals surface area (Å²) in [6.07, 6.45) is 4.21. The molecule has 0 radical (unpaired) electrons. The zero-order valence-electron chi connectivity index (χ0n) is 17.8. The van der Waals surface area contributed by atoms with Gasteiger partial charge in [0, 0.05) is 16.9 Å². The van der Waals surface area contributed by atoms with Crippen molar-refractivity contribution >= 4 is 0 Å². The molecule has 0 amide bonds. The van der Waals surface area contributed by atoms with Crippen molar-refractivity contribution in [2.24, 2.45) is 28.6 Å². The summed E-state index contributed by atoms with van der Waals surface area (Å²) in [5, 5.41) is 44.9. The van der Waals surface area contributed by atoms with Crippen molar-refractivity contribution in [2.75, 3.05) is 0 Å². The first-order valence-corrected chi connectivity index (χ1v) is 11.5. The van der Waals surface area contributed by atoms with Crippen molar-refractivity contribution in [1.29, 1.82) is 0 Å². The molecule has 1 heterocycles. The molecule has 6 heteroatoms. The summed E-state index contributed by atoms with van der Waals surface area (Å²) < 4.78 is 5.12. The minimum Gasteiger partial charge on any atom is -0.431 e. The first-order valence-electron chi connectivity index (χ1n) is 11.5. The number of fused-ring (bicyclic) bond motifs is 5. The fourth-order valence-electron chi connectivity index (χ4n) is 8.46. The minimum atomic E-state index is -0.943. The monoisotopic (exact) mass is 418 g/mol. The highest BCUT2D eigenvalue weighted by molar-refractivity contribution is 5.28. The molecular formula is C24H34O6. The van der Waals surface area contributed by atoms with Gasteiger partial charge in [-0.05, 0) is 80.2 Å². The van der Waals surface area contributed by atoms with Crippen LogP contribution in [0.1, 0.15) is 70.3 Å². The highest BCUT2D eigenvalue weighted by Crippen LogP contribution is 2.70. The molecule has 166 valence electrons. The van der Waals surface area contributed by atoms with Crippen LogP contribution in [-0.4, -0.2) is 44.3 Å². The smallest absolute Gasteiger partial charge is 0.335 e. The highest BCUT2D eigenvalue weighted by Gasteiger charge is 2.70. The van der Waals surface area contributed by atoms with Gasteiger partial charge in [-0.25, -0.2) is 4.79 Å². The van der Waals surface area contributed by atoms with E-state index in [1.54, 1.807) is 6.07 Å². The van der Waals surface area contributed by atoms with E-state index in [4.69, 9.17) is 4.42 Å². The van der Waals surface area contributed by atoms with E-state index in [0.717, 1.165) is 24.8 Å². The van der Waals surface area contributed by atoms with Crippen LogP contribution in [0.2, 0.25) is 0 Å². The van der Waals surface area contributed by atoms with E-state index in [2.05, 4.69) is 13.8 Å². The summed E-state index contributed by atoms with van der Waals surface area (Å²) >= 11 is 0. The first kappa shape index (κ1) is 20.7. The number of aliphatic hydroxyl groups is 4. The lowest BCUT2D eigenvalue weighted by atomic mass is 9.42. The molecule has 1 aromatic heterocycles. The van der Waals surface area contributed by atoms with E-state index in [1.165, 1.54) is 12.3 Å². The Balaban J connectivity index is 1.54. The van der Waals surface area contributed by atoms with Crippen molar-refractivity contribution in [3.8, 4) is 0 Å². The molecule has 4 N–H and O–H groups in total. The molecule has 30 heavy (non-hydrogen) atoms. The minimum absolute atomic E-state index is 0.00563. The lowest BCUT2D eigenvalue weighted by Crippen LogP contribution is -2.68. The fraction of sp³-hybridized carbons (Fsp3) is 0.792. The molecule has 6 nitrogen and oxygen atoms in total. The molecule has 5 rings (SSSR count). The van der Waals surface area contributed by atoms with Gasteiger partial charge in [0.2, 0.25) is 0 Å². The third-order valence-electron chi connectivity index (χ3n) is 9.99. The van der Waals surface area contributed by atoms with E-state index in [1.807, 2.05) is 0 Å². The number of hydrogen-bond acceptors (Lipinski definition) is 6. The second-order valence-electron chi connectivity index (χ2n) is 11.0. The zero-order valence-corrected chi connectivity index (χ0v) is 17.8. The van der Waals surface area contributed by atoms with Crippen molar-refractivity contribution in [1.82, 2.24) is 0 Å². The summed E-state index contributed by atoms with van der Waals surface area (Å²) in [4.78, 5) is 11.4. The third kappa shape index (κ3) is 2.54. The van der Waals surface area contributed by atoms with Crippen molar-refractivity contribution in [3.05, 3.63) is 34.4 Å². The van der Waals surface area contributed by atoms with Crippen LogP contribution in [0.3, 0.4) is 0 Å². The standard InChI is InChI=1S/C24H34O6/c1-22-11-18(26)21-17(5-4-14-9-15(25)10-19(27)23(14,21)2)24(22,29)8-7-16(22)13-3-6-20(28)30-12-13/h3,6,12,14-19,21,25-27,29H,4-5,7-11H2,1-2H3/t14-,15-,16-,17-,18-,19-,21-,22-,23-,24+/m1/s1. The molecule has 0 spiro atoms. The summed E-state index contributed by atoms with van der Waals surface area (Å²) in [7, 11) is 0. The van der Waals surface area contributed by atoms with Gasteiger partial charge in [-0.15, -0.1) is 0 Å². The van der Waals surface area contributed by atoms with Gasteiger partial charge in [-0.1, -0.05) is 13.8 Å². The molecule has 0 saturated heterocycles. The third-order valence-corrected chi connectivity index (χ3v) is 9.99. The molecule has 10 atom stereocenters. The van der Waals surface area contributed by atoms with Crippen molar-refractivity contribution in [3.63, 3.8) is 0 Å². The Morgan fingerprint density at radius 2 is 1.83 bits per heavy atom. The molecular weight excluding hydrogens is 384 g/mol. The average molecular weight is 419 g/mol. The molecule has 0 aliphatic heterocycles. The van der Waals surface area contributed by atoms with Crippen LogP contribution < -0.4 is 5.63 Å². The Labute approximate surface area is 176 Å². The molecule has 4 saturated carbocycles. The maximum absolute atomic E-state index is 12.2. The van der Waals surface area contributed by atoms with E-state index in [-0.39, 0.29) is 29.3 Å². The topological polar surface area (TPSA) is 111 Å². The summed E-state index contributed by atoms with van der Waals surface area (Å²) in [5.41, 5.74) is -1.46.